The minimum absolute atomic E-state index is 0.0444. The van der Waals surface area contributed by atoms with E-state index in [1.54, 1.807) is 13.3 Å². The zero-order valence-electron chi connectivity index (χ0n) is 26.3. The van der Waals surface area contributed by atoms with Gasteiger partial charge in [-0.1, -0.05) is 43.2 Å². The first kappa shape index (κ1) is 30.3. The number of piperazine rings is 1. The Morgan fingerprint density at radius 1 is 1.09 bits per heavy atom. The molecule has 0 unspecified atom stereocenters. The molecule has 3 atom stereocenters. The molecule has 2 N–H and O–H groups in total. The van der Waals surface area contributed by atoms with Gasteiger partial charge in [0.1, 0.15) is 11.3 Å². The second kappa shape index (κ2) is 13.5. The van der Waals surface area contributed by atoms with Crippen LogP contribution in [0.25, 0.3) is 22.4 Å². The molecule has 2 aromatic carbocycles. The molecule has 11 heteroatoms. The van der Waals surface area contributed by atoms with Gasteiger partial charge in [-0.25, -0.2) is 14.8 Å². The maximum Gasteiger partial charge on any atom is 0.407 e. The second-order valence-corrected chi connectivity index (χ2v) is 12.5. The molecule has 7 rings (SSSR count). The Hall–Kier alpha value is -4.38. The number of oxazole rings is 1. The number of nitrogens with zero attached hydrogens (tertiary/aromatic N) is 4. The lowest BCUT2D eigenvalue weighted by molar-refractivity contribution is 0.0601. The van der Waals surface area contributed by atoms with Crippen molar-refractivity contribution in [3.63, 3.8) is 0 Å². The molecule has 3 heterocycles. The molecule has 11 nitrogen and oxygen atoms in total. The first-order valence-corrected chi connectivity index (χ1v) is 16.7. The molecular formula is C35H42N6O5. The smallest absolute Gasteiger partial charge is 0.407 e. The number of rotatable bonds is 10. The van der Waals surface area contributed by atoms with Crippen LogP contribution >= 0.6 is 0 Å². The Balaban J connectivity index is 1.10. The van der Waals surface area contributed by atoms with E-state index < -0.39 is 6.09 Å². The third kappa shape index (κ3) is 6.46. The fraction of sp³-hybridized carbons (Fsp3) is 0.486. The molecule has 0 radical (unpaired) electrons. The number of alkyl carbamates (subject to hydrolysis) is 1. The first-order valence-electron chi connectivity index (χ1n) is 16.7. The zero-order valence-corrected chi connectivity index (χ0v) is 26.3. The van der Waals surface area contributed by atoms with Gasteiger partial charge in [0.15, 0.2) is 17.2 Å². The van der Waals surface area contributed by atoms with Crippen LogP contribution in [0.4, 0.5) is 4.79 Å². The molecular weight excluding hydrogens is 584 g/mol. The quantitative estimate of drug-likeness (QED) is 0.230. The molecule has 2 aromatic heterocycles. The van der Waals surface area contributed by atoms with Crippen molar-refractivity contribution in [2.75, 3.05) is 32.8 Å². The van der Waals surface area contributed by atoms with Gasteiger partial charge < -0.3 is 34.0 Å². The summed E-state index contributed by atoms with van der Waals surface area (Å²) in [6.45, 7) is 4.55. The van der Waals surface area contributed by atoms with E-state index in [0.717, 1.165) is 72.5 Å². The van der Waals surface area contributed by atoms with Gasteiger partial charge in [-0.15, -0.1) is 0 Å². The van der Waals surface area contributed by atoms with E-state index >= 15 is 0 Å². The van der Waals surface area contributed by atoms with E-state index in [4.69, 9.17) is 18.9 Å². The molecule has 1 aliphatic heterocycles. The second-order valence-electron chi connectivity index (χ2n) is 12.5. The Morgan fingerprint density at radius 2 is 1.93 bits per heavy atom. The molecule has 242 valence electrons. The first-order chi connectivity index (χ1) is 22.6. The van der Waals surface area contributed by atoms with E-state index in [1.165, 1.54) is 0 Å². The summed E-state index contributed by atoms with van der Waals surface area (Å²) in [5.74, 6) is 1.93. The number of imidazole rings is 1. The van der Waals surface area contributed by atoms with Gasteiger partial charge in [-0.3, -0.25) is 4.79 Å². The van der Waals surface area contributed by atoms with Crippen LogP contribution in [0.2, 0.25) is 0 Å². The number of fused-ring (bicyclic) bond motifs is 1. The predicted molar refractivity (Wildman–Crippen MR) is 173 cm³/mol. The molecule has 3 aliphatic rings. The van der Waals surface area contributed by atoms with Crippen molar-refractivity contribution in [1.29, 1.82) is 0 Å². The van der Waals surface area contributed by atoms with Crippen molar-refractivity contribution >= 4 is 23.1 Å². The lowest BCUT2D eigenvalue weighted by atomic mass is 9.89. The van der Waals surface area contributed by atoms with E-state index in [0.29, 0.717) is 50.9 Å². The summed E-state index contributed by atoms with van der Waals surface area (Å²) in [4.78, 5) is 38.1. The molecule has 2 aliphatic carbocycles. The number of ether oxygens (including phenoxy) is 2. The van der Waals surface area contributed by atoms with Crippen LogP contribution in [-0.2, 0) is 4.74 Å². The van der Waals surface area contributed by atoms with Crippen LogP contribution < -0.4 is 15.4 Å². The minimum atomic E-state index is -0.410. The molecule has 3 fully saturated rings. The maximum absolute atomic E-state index is 14.4. The number of carbonyl (C=O) groups is 2. The molecule has 0 bridgehead atoms. The van der Waals surface area contributed by atoms with Gasteiger partial charge in [0.2, 0.25) is 0 Å². The Morgan fingerprint density at radius 3 is 2.76 bits per heavy atom. The molecule has 4 aromatic rings. The molecule has 1 saturated heterocycles. The van der Waals surface area contributed by atoms with Crippen LogP contribution in [0.5, 0.6) is 5.75 Å². The van der Waals surface area contributed by atoms with E-state index in [1.807, 2.05) is 53.4 Å². The monoisotopic (exact) mass is 626 g/mol. The van der Waals surface area contributed by atoms with Crippen LogP contribution in [0.3, 0.4) is 0 Å². The van der Waals surface area contributed by atoms with Crippen LogP contribution in [0.1, 0.15) is 80.2 Å². The number of aromatic nitrogens is 3. The maximum atomic E-state index is 14.4. The highest BCUT2D eigenvalue weighted by Gasteiger charge is 2.35. The number of hydrogen-bond acceptors (Lipinski definition) is 8. The summed E-state index contributed by atoms with van der Waals surface area (Å²) in [5.41, 5.74) is 3.74. The van der Waals surface area contributed by atoms with Gasteiger partial charge >= 0.3 is 6.09 Å². The topological polar surface area (TPSA) is 124 Å². The normalized spacial score (nSPS) is 21.7. The summed E-state index contributed by atoms with van der Waals surface area (Å²) in [6, 6.07) is 15.5. The number of benzene rings is 2. The Kier molecular flexibility index (Phi) is 8.91. The van der Waals surface area contributed by atoms with Gasteiger partial charge in [0.25, 0.3) is 5.91 Å². The van der Waals surface area contributed by atoms with Crippen LogP contribution in [-0.4, -0.2) is 76.4 Å². The number of nitrogens with one attached hydrogen (secondary N) is 2. The van der Waals surface area contributed by atoms with Gasteiger partial charge in [0.05, 0.1) is 37.3 Å². The highest BCUT2D eigenvalue weighted by atomic mass is 16.5. The number of hydrogen-bond donors (Lipinski definition) is 2. The van der Waals surface area contributed by atoms with Crippen molar-refractivity contribution in [2.45, 2.75) is 75.9 Å². The Labute approximate surface area is 268 Å². The van der Waals surface area contributed by atoms with Crippen molar-refractivity contribution in [1.82, 2.24) is 30.1 Å². The molecule has 46 heavy (non-hydrogen) atoms. The van der Waals surface area contributed by atoms with Crippen molar-refractivity contribution < 1.29 is 23.5 Å². The summed E-state index contributed by atoms with van der Waals surface area (Å²) in [5, 5.41) is 6.53. The molecule has 2 amide bonds. The SMILES string of the molecule is CCOC(=O)N[C@H]1CCCC[C@@H]1n1cnc(C(=O)N2CCNC[C@H]2CCOc2ccc3oc(C4CC4)nc3c2)c1-c1ccccc1. The molecule has 2 saturated carbocycles. The highest BCUT2D eigenvalue weighted by Crippen LogP contribution is 2.41. The van der Waals surface area contributed by atoms with Gasteiger partial charge in [0, 0.05) is 49.6 Å². The fourth-order valence-corrected chi connectivity index (χ4v) is 6.84. The van der Waals surface area contributed by atoms with E-state index in [2.05, 4.69) is 20.2 Å². The Bertz CT molecular complexity index is 1660. The lowest BCUT2D eigenvalue weighted by Crippen LogP contribution is -2.54. The third-order valence-electron chi connectivity index (χ3n) is 9.34. The lowest BCUT2D eigenvalue weighted by Gasteiger charge is -2.36. The predicted octanol–water partition coefficient (Wildman–Crippen LogP) is 5.68. The van der Waals surface area contributed by atoms with Crippen molar-refractivity contribution in [2.24, 2.45) is 0 Å². The average Bonchev–Trinajstić information content (AvgIpc) is 3.70. The summed E-state index contributed by atoms with van der Waals surface area (Å²) >= 11 is 0. The van der Waals surface area contributed by atoms with Crippen molar-refractivity contribution in [3.8, 4) is 17.0 Å². The standard InChI is InChI=1S/C35H42N6O5/c1-2-44-35(43)39-27-10-6-7-11-29(27)41-22-37-31(32(41)23-8-4-3-5-9-23)34(42)40-18-17-36-21-25(40)16-19-45-26-14-15-30-28(20-26)38-33(46-30)24-12-13-24/h3-5,8-9,14-15,20,22,24-25,27,29,36H,2,6-7,10-13,16-19,21H2,1H3,(H,39,43)/t25-,27+,29+/m1/s1. The number of carbonyl (C=O) groups excluding carboxylic acids is 2. The summed E-state index contributed by atoms with van der Waals surface area (Å²) < 4.78 is 19.4. The van der Waals surface area contributed by atoms with Gasteiger partial charge in [-0.2, -0.15) is 0 Å². The highest BCUT2D eigenvalue weighted by molar-refractivity contribution is 5.98. The largest absolute Gasteiger partial charge is 0.493 e. The fourth-order valence-electron chi connectivity index (χ4n) is 6.84. The van der Waals surface area contributed by atoms with E-state index in [9.17, 15) is 9.59 Å². The van der Waals surface area contributed by atoms with Gasteiger partial charge in [-0.05, 0) is 44.7 Å². The van der Waals surface area contributed by atoms with Crippen LogP contribution in [0, 0.1) is 0 Å². The van der Waals surface area contributed by atoms with Crippen LogP contribution in [0.15, 0.2) is 59.3 Å². The summed E-state index contributed by atoms with van der Waals surface area (Å²) in [6.07, 6.45) is 8.08. The minimum Gasteiger partial charge on any atom is -0.493 e. The number of amides is 2. The summed E-state index contributed by atoms with van der Waals surface area (Å²) in [7, 11) is 0. The third-order valence-corrected chi connectivity index (χ3v) is 9.34. The zero-order chi connectivity index (χ0) is 31.5. The van der Waals surface area contributed by atoms with Crippen molar-refractivity contribution in [3.05, 3.63) is 66.4 Å². The molecule has 0 spiro atoms. The average molecular weight is 627 g/mol. The van der Waals surface area contributed by atoms with E-state index in [-0.39, 0.29) is 24.0 Å².